The van der Waals surface area contributed by atoms with Crippen molar-refractivity contribution in [1.82, 2.24) is 0 Å². The van der Waals surface area contributed by atoms with Crippen LogP contribution in [-0.2, 0) is 16.5 Å². The first-order chi connectivity index (χ1) is 6.83. The maximum Gasteiger partial charge on any atom is 0.417 e. The molecule has 82 valence electrons. The molecule has 1 aliphatic rings. The summed E-state index contributed by atoms with van der Waals surface area (Å²) in [5.41, 5.74) is -0.859. The van der Waals surface area contributed by atoms with Gasteiger partial charge in [-0.3, -0.25) is 0 Å². The Labute approximate surface area is 89.8 Å². The molecule has 0 N–H and O–H groups in total. The number of benzene rings is 1. The molecule has 0 bridgehead atoms. The molecule has 1 unspecified atom stereocenters. The predicted octanol–water partition coefficient (Wildman–Crippen LogP) is 3.60. The number of hydrogen-bond acceptors (Lipinski definition) is 1. The summed E-state index contributed by atoms with van der Waals surface area (Å²) in [4.78, 5) is 0. The lowest BCUT2D eigenvalue weighted by atomic mass is 10.00. The Kier molecular flexibility index (Phi) is 2.24. The average molecular weight is 237 g/mol. The minimum Gasteiger partial charge on any atom is -0.365 e. The van der Waals surface area contributed by atoms with Crippen molar-refractivity contribution in [3.8, 4) is 0 Å². The highest BCUT2D eigenvalue weighted by Gasteiger charge is 2.43. The molecule has 1 saturated heterocycles. The van der Waals surface area contributed by atoms with Crippen LogP contribution in [0.3, 0.4) is 0 Å². The normalized spacial score (nSPS) is 25.4. The Morgan fingerprint density at radius 2 is 2.00 bits per heavy atom. The highest BCUT2D eigenvalue weighted by molar-refractivity contribution is 6.31. The van der Waals surface area contributed by atoms with E-state index in [1.54, 1.807) is 13.0 Å². The number of rotatable bonds is 1. The van der Waals surface area contributed by atoms with Gasteiger partial charge in [0.05, 0.1) is 17.2 Å². The molecule has 1 heterocycles. The Bertz CT molecular complexity index is 396. The van der Waals surface area contributed by atoms with Crippen LogP contribution in [-0.4, -0.2) is 6.61 Å². The molecular formula is C10H8ClF3O. The van der Waals surface area contributed by atoms with Crippen LogP contribution in [0.4, 0.5) is 13.2 Å². The molecule has 0 radical (unpaired) electrons. The Hall–Kier alpha value is -0.740. The highest BCUT2D eigenvalue weighted by Crippen LogP contribution is 2.42. The molecule has 0 amide bonds. The van der Waals surface area contributed by atoms with Crippen molar-refractivity contribution in [2.45, 2.75) is 18.7 Å². The fraction of sp³-hybridized carbons (Fsp3) is 0.400. The van der Waals surface area contributed by atoms with E-state index in [2.05, 4.69) is 0 Å². The zero-order valence-corrected chi connectivity index (χ0v) is 8.62. The van der Waals surface area contributed by atoms with Crippen molar-refractivity contribution in [2.24, 2.45) is 0 Å². The van der Waals surface area contributed by atoms with Gasteiger partial charge in [-0.15, -0.1) is 0 Å². The van der Waals surface area contributed by atoms with Gasteiger partial charge >= 0.3 is 6.18 Å². The Balaban J connectivity index is 2.46. The quantitative estimate of drug-likeness (QED) is 0.679. The lowest BCUT2D eigenvalue weighted by molar-refractivity contribution is -0.137. The standard InChI is InChI=1S/C10H8ClF3O/c1-9(5-15-9)6-2-3-8(11)7(4-6)10(12,13)14/h2-4H,5H2,1H3. The molecule has 0 spiro atoms. The summed E-state index contributed by atoms with van der Waals surface area (Å²) >= 11 is 5.49. The third-order valence-corrected chi connectivity index (χ3v) is 2.79. The van der Waals surface area contributed by atoms with E-state index in [4.69, 9.17) is 16.3 Å². The number of epoxide rings is 1. The Morgan fingerprint density at radius 3 is 2.47 bits per heavy atom. The smallest absolute Gasteiger partial charge is 0.365 e. The molecule has 1 nitrogen and oxygen atoms in total. The van der Waals surface area contributed by atoms with Crippen LogP contribution in [0.15, 0.2) is 18.2 Å². The van der Waals surface area contributed by atoms with Gasteiger partial charge in [0.25, 0.3) is 0 Å². The summed E-state index contributed by atoms with van der Waals surface area (Å²) in [6.07, 6.45) is -4.42. The van der Waals surface area contributed by atoms with Crippen LogP contribution in [0.25, 0.3) is 0 Å². The zero-order chi connectivity index (χ0) is 11.3. The molecule has 1 fully saturated rings. The fourth-order valence-electron chi connectivity index (χ4n) is 1.35. The van der Waals surface area contributed by atoms with Crippen molar-refractivity contribution in [2.75, 3.05) is 6.61 Å². The van der Waals surface area contributed by atoms with E-state index in [0.29, 0.717) is 12.2 Å². The highest BCUT2D eigenvalue weighted by atomic mass is 35.5. The molecule has 2 rings (SSSR count). The average Bonchev–Trinajstić information content (AvgIpc) is 2.83. The molecule has 0 aliphatic carbocycles. The summed E-state index contributed by atoms with van der Waals surface area (Å²) in [5, 5.41) is -0.282. The molecular weight excluding hydrogens is 229 g/mol. The monoisotopic (exact) mass is 236 g/mol. The van der Waals surface area contributed by atoms with Crippen molar-refractivity contribution in [3.05, 3.63) is 34.3 Å². The van der Waals surface area contributed by atoms with Crippen LogP contribution >= 0.6 is 11.6 Å². The van der Waals surface area contributed by atoms with Gasteiger partial charge < -0.3 is 4.74 Å². The van der Waals surface area contributed by atoms with Crippen molar-refractivity contribution in [1.29, 1.82) is 0 Å². The van der Waals surface area contributed by atoms with Crippen molar-refractivity contribution < 1.29 is 17.9 Å². The largest absolute Gasteiger partial charge is 0.417 e. The van der Waals surface area contributed by atoms with Crippen LogP contribution < -0.4 is 0 Å². The molecule has 1 aromatic rings. The topological polar surface area (TPSA) is 12.5 Å². The molecule has 0 saturated carbocycles. The number of alkyl halides is 3. The van der Waals surface area contributed by atoms with E-state index >= 15 is 0 Å². The first kappa shape index (κ1) is 10.8. The van der Waals surface area contributed by atoms with E-state index in [9.17, 15) is 13.2 Å². The van der Waals surface area contributed by atoms with Gasteiger partial charge in [-0.2, -0.15) is 13.2 Å². The van der Waals surface area contributed by atoms with Crippen LogP contribution in [0.1, 0.15) is 18.1 Å². The third-order valence-electron chi connectivity index (χ3n) is 2.46. The Morgan fingerprint density at radius 1 is 1.40 bits per heavy atom. The first-order valence-electron chi connectivity index (χ1n) is 4.34. The SMILES string of the molecule is CC1(c2ccc(Cl)c(C(F)(F)F)c2)CO1. The molecule has 5 heteroatoms. The number of halogens is 4. The van der Waals surface area contributed by atoms with Gasteiger partial charge in [0.1, 0.15) is 5.60 Å². The van der Waals surface area contributed by atoms with Gasteiger partial charge in [-0.1, -0.05) is 17.7 Å². The van der Waals surface area contributed by atoms with E-state index in [1.165, 1.54) is 6.07 Å². The summed E-state index contributed by atoms with van der Waals surface area (Å²) in [7, 11) is 0. The molecule has 1 aromatic carbocycles. The molecule has 0 aromatic heterocycles. The zero-order valence-electron chi connectivity index (χ0n) is 7.86. The minimum absolute atomic E-state index is 0.282. The lowest BCUT2D eigenvalue weighted by Crippen LogP contribution is -2.09. The number of ether oxygens (including phenoxy) is 1. The minimum atomic E-state index is -4.42. The van der Waals surface area contributed by atoms with E-state index < -0.39 is 17.3 Å². The van der Waals surface area contributed by atoms with E-state index in [0.717, 1.165) is 6.07 Å². The lowest BCUT2D eigenvalue weighted by Gasteiger charge is -2.12. The van der Waals surface area contributed by atoms with Gasteiger partial charge in [0, 0.05) is 0 Å². The van der Waals surface area contributed by atoms with Crippen molar-refractivity contribution in [3.63, 3.8) is 0 Å². The summed E-state index contributed by atoms with van der Waals surface area (Å²) < 4.78 is 42.6. The predicted molar refractivity (Wildman–Crippen MR) is 49.8 cm³/mol. The fourth-order valence-corrected chi connectivity index (χ4v) is 1.57. The van der Waals surface area contributed by atoms with Gasteiger partial charge in [-0.05, 0) is 24.6 Å². The number of hydrogen-bond donors (Lipinski definition) is 0. The second kappa shape index (κ2) is 3.12. The van der Waals surface area contributed by atoms with Gasteiger partial charge in [0.15, 0.2) is 0 Å². The van der Waals surface area contributed by atoms with Crippen LogP contribution in [0.2, 0.25) is 5.02 Å². The molecule has 1 atom stereocenters. The summed E-state index contributed by atoms with van der Waals surface area (Å²) in [6, 6.07) is 3.87. The first-order valence-corrected chi connectivity index (χ1v) is 4.72. The summed E-state index contributed by atoms with van der Waals surface area (Å²) in [6.45, 7) is 2.20. The van der Waals surface area contributed by atoms with Gasteiger partial charge in [0.2, 0.25) is 0 Å². The van der Waals surface area contributed by atoms with E-state index in [1.807, 2.05) is 0 Å². The van der Waals surface area contributed by atoms with Crippen molar-refractivity contribution >= 4 is 11.6 Å². The molecule has 1 aliphatic heterocycles. The summed E-state index contributed by atoms with van der Waals surface area (Å²) in [5.74, 6) is 0. The van der Waals surface area contributed by atoms with Crippen LogP contribution in [0, 0.1) is 0 Å². The third kappa shape index (κ3) is 1.96. The maximum atomic E-state index is 12.5. The van der Waals surface area contributed by atoms with Gasteiger partial charge in [-0.25, -0.2) is 0 Å². The van der Waals surface area contributed by atoms with E-state index in [-0.39, 0.29) is 5.02 Å². The second-order valence-electron chi connectivity index (χ2n) is 3.71. The molecule has 15 heavy (non-hydrogen) atoms. The van der Waals surface area contributed by atoms with Crippen LogP contribution in [0.5, 0.6) is 0 Å². The maximum absolute atomic E-state index is 12.5. The second-order valence-corrected chi connectivity index (χ2v) is 4.12.